The van der Waals surface area contributed by atoms with Crippen molar-refractivity contribution in [2.45, 2.75) is 45.4 Å². The molecule has 3 nitrogen and oxygen atoms in total. The van der Waals surface area contributed by atoms with E-state index in [1.807, 2.05) is 0 Å². The zero-order valence-corrected chi connectivity index (χ0v) is 10.7. The van der Waals surface area contributed by atoms with Gasteiger partial charge in [0.25, 0.3) is 0 Å². The van der Waals surface area contributed by atoms with Crippen LogP contribution in [0.1, 0.15) is 45.4 Å². The third kappa shape index (κ3) is 4.52. The molecule has 16 heavy (non-hydrogen) atoms. The maximum atomic E-state index is 11.5. The van der Waals surface area contributed by atoms with Crippen molar-refractivity contribution in [1.82, 2.24) is 4.90 Å². The standard InChI is InChI=1S/C13H25NO2/c1-3-7-12(13(15)16-2)8-6-11-14-9-4-5-10-14/h12H,3-11H2,1-2H3. The molecule has 0 spiro atoms. The summed E-state index contributed by atoms with van der Waals surface area (Å²) >= 11 is 0. The fourth-order valence-corrected chi connectivity index (χ4v) is 2.46. The van der Waals surface area contributed by atoms with Crippen molar-refractivity contribution in [2.24, 2.45) is 5.92 Å². The second kappa shape index (κ2) is 7.66. The first kappa shape index (κ1) is 13.5. The zero-order valence-electron chi connectivity index (χ0n) is 10.7. The molecule has 0 aliphatic carbocycles. The summed E-state index contributed by atoms with van der Waals surface area (Å²) in [5, 5.41) is 0. The van der Waals surface area contributed by atoms with Crippen molar-refractivity contribution in [2.75, 3.05) is 26.7 Å². The van der Waals surface area contributed by atoms with E-state index in [-0.39, 0.29) is 11.9 Å². The van der Waals surface area contributed by atoms with E-state index >= 15 is 0 Å². The van der Waals surface area contributed by atoms with Gasteiger partial charge in [-0.3, -0.25) is 4.79 Å². The first-order valence-electron chi connectivity index (χ1n) is 6.58. The van der Waals surface area contributed by atoms with E-state index in [1.165, 1.54) is 33.0 Å². The summed E-state index contributed by atoms with van der Waals surface area (Å²) in [5.41, 5.74) is 0. The van der Waals surface area contributed by atoms with Gasteiger partial charge in [0.1, 0.15) is 0 Å². The molecule has 0 saturated carbocycles. The second-order valence-corrected chi connectivity index (χ2v) is 4.70. The number of likely N-dealkylation sites (tertiary alicyclic amines) is 1. The number of carbonyl (C=O) groups is 1. The number of rotatable bonds is 7. The highest BCUT2D eigenvalue weighted by atomic mass is 16.5. The smallest absolute Gasteiger partial charge is 0.308 e. The summed E-state index contributed by atoms with van der Waals surface area (Å²) in [5.74, 6) is 0.0980. The lowest BCUT2D eigenvalue weighted by Crippen LogP contribution is -2.23. The van der Waals surface area contributed by atoms with Crippen molar-refractivity contribution in [1.29, 1.82) is 0 Å². The van der Waals surface area contributed by atoms with Crippen LogP contribution >= 0.6 is 0 Å². The van der Waals surface area contributed by atoms with Crippen LogP contribution < -0.4 is 0 Å². The number of methoxy groups -OCH3 is 1. The minimum atomic E-state index is -0.0247. The molecule has 1 aliphatic rings. The Bertz CT molecular complexity index is 200. The molecule has 0 aromatic rings. The Morgan fingerprint density at radius 2 is 2.00 bits per heavy atom. The second-order valence-electron chi connectivity index (χ2n) is 4.70. The van der Waals surface area contributed by atoms with Crippen LogP contribution in [0.25, 0.3) is 0 Å². The first-order chi connectivity index (χ1) is 7.77. The predicted molar refractivity (Wildman–Crippen MR) is 65.3 cm³/mol. The van der Waals surface area contributed by atoms with Gasteiger partial charge < -0.3 is 9.64 Å². The van der Waals surface area contributed by atoms with E-state index in [9.17, 15) is 4.79 Å². The Hall–Kier alpha value is -0.570. The number of ether oxygens (including phenoxy) is 1. The SMILES string of the molecule is CCCC(CCCN1CCCC1)C(=O)OC. The van der Waals surface area contributed by atoms with Gasteiger partial charge in [-0.25, -0.2) is 0 Å². The van der Waals surface area contributed by atoms with E-state index < -0.39 is 0 Å². The number of carbonyl (C=O) groups excluding carboxylic acids is 1. The molecule has 1 heterocycles. The van der Waals surface area contributed by atoms with Crippen LogP contribution in [0.4, 0.5) is 0 Å². The molecule has 1 atom stereocenters. The van der Waals surface area contributed by atoms with Crippen LogP contribution in [0.3, 0.4) is 0 Å². The normalized spacial score (nSPS) is 18.6. The molecule has 94 valence electrons. The molecule has 3 heteroatoms. The molecule has 1 rings (SSSR count). The van der Waals surface area contributed by atoms with E-state index in [2.05, 4.69) is 11.8 Å². The minimum Gasteiger partial charge on any atom is -0.469 e. The topological polar surface area (TPSA) is 29.5 Å². The van der Waals surface area contributed by atoms with Gasteiger partial charge in [-0.2, -0.15) is 0 Å². The molecule has 0 aromatic carbocycles. The van der Waals surface area contributed by atoms with Gasteiger partial charge in [0.15, 0.2) is 0 Å². The molecule has 1 unspecified atom stereocenters. The van der Waals surface area contributed by atoms with Crippen LogP contribution in [-0.2, 0) is 9.53 Å². The monoisotopic (exact) mass is 227 g/mol. The van der Waals surface area contributed by atoms with Crippen LogP contribution in [0.2, 0.25) is 0 Å². The highest BCUT2D eigenvalue weighted by molar-refractivity contribution is 5.72. The van der Waals surface area contributed by atoms with Crippen LogP contribution in [0, 0.1) is 5.92 Å². The fourth-order valence-electron chi connectivity index (χ4n) is 2.46. The number of hydrogen-bond acceptors (Lipinski definition) is 3. The summed E-state index contributed by atoms with van der Waals surface area (Å²) in [6, 6.07) is 0. The van der Waals surface area contributed by atoms with Crippen molar-refractivity contribution < 1.29 is 9.53 Å². The van der Waals surface area contributed by atoms with Crippen molar-refractivity contribution in [3.8, 4) is 0 Å². The molecule has 0 radical (unpaired) electrons. The fraction of sp³-hybridized carbons (Fsp3) is 0.923. The summed E-state index contributed by atoms with van der Waals surface area (Å²) < 4.78 is 4.83. The Balaban J connectivity index is 2.18. The molecule has 0 amide bonds. The Kier molecular flexibility index (Phi) is 6.46. The summed E-state index contributed by atoms with van der Waals surface area (Å²) in [6.45, 7) is 5.76. The number of esters is 1. The van der Waals surface area contributed by atoms with Crippen molar-refractivity contribution in [3.63, 3.8) is 0 Å². The zero-order chi connectivity index (χ0) is 11.8. The Labute approximate surface area is 99.1 Å². The lowest BCUT2D eigenvalue weighted by atomic mass is 9.98. The highest BCUT2D eigenvalue weighted by Gasteiger charge is 2.18. The van der Waals surface area contributed by atoms with Crippen LogP contribution in [0.15, 0.2) is 0 Å². The van der Waals surface area contributed by atoms with Gasteiger partial charge in [-0.05, 0) is 51.7 Å². The Morgan fingerprint density at radius 1 is 1.31 bits per heavy atom. The predicted octanol–water partition coefficient (Wildman–Crippen LogP) is 2.45. The largest absolute Gasteiger partial charge is 0.469 e. The molecule has 1 aliphatic heterocycles. The Morgan fingerprint density at radius 3 is 2.56 bits per heavy atom. The maximum absolute atomic E-state index is 11.5. The number of hydrogen-bond donors (Lipinski definition) is 0. The van der Waals surface area contributed by atoms with E-state index in [1.54, 1.807) is 0 Å². The third-order valence-corrected chi connectivity index (χ3v) is 3.40. The third-order valence-electron chi connectivity index (χ3n) is 3.40. The molecule has 1 fully saturated rings. The van der Waals surface area contributed by atoms with E-state index in [0.717, 1.165) is 32.2 Å². The quantitative estimate of drug-likeness (QED) is 0.626. The van der Waals surface area contributed by atoms with Crippen molar-refractivity contribution in [3.05, 3.63) is 0 Å². The van der Waals surface area contributed by atoms with Crippen LogP contribution in [0.5, 0.6) is 0 Å². The molecular weight excluding hydrogens is 202 g/mol. The molecule has 0 aromatic heterocycles. The lowest BCUT2D eigenvalue weighted by molar-refractivity contribution is -0.146. The van der Waals surface area contributed by atoms with Crippen LogP contribution in [-0.4, -0.2) is 37.6 Å². The number of nitrogens with zero attached hydrogens (tertiary/aromatic N) is 1. The molecule has 0 bridgehead atoms. The summed E-state index contributed by atoms with van der Waals surface area (Å²) in [7, 11) is 1.49. The van der Waals surface area contributed by atoms with Crippen molar-refractivity contribution >= 4 is 5.97 Å². The molecule has 0 N–H and O–H groups in total. The molecular formula is C13H25NO2. The first-order valence-corrected chi connectivity index (χ1v) is 6.58. The average molecular weight is 227 g/mol. The van der Waals surface area contributed by atoms with E-state index in [4.69, 9.17) is 4.74 Å². The minimum absolute atomic E-state index is 0.0247. The van der Waals surface area contributed by atoms with Gasteiger partial charge in [-0.1, -0.05) is 13.3 Å². The van der Waals surface area contributed by atoms with Gasteiger partial charge in [0.2, 0.25) is 0 Å². The summed E-state index contributed by atoms with van der Waals surface area (Å²) in [6.07, 6.45) is 6.82. The van der Waals surface area contributed by atoms with Gasteiger partial charge in [0, 0.05) is 0 Å². The highest BCUT2D eigenvalue weighted by Crippen LogP contribution is 2.16. The van der Waals surface area contributed by atoms with Gasteiger partial charge >= 0.3 is 5.97 Å². The lowest BCUT2D eigenvalue weighted by Gasteiger charge is -2.17. The molecule has 1 saturated heterocycles. The van der Waals surface area contributed by atoms with E-state index in [0.29, 0.717) is 0 Å². The average Bonchev–Trinajstić information content (AvgIpc) is 2.80. The van der Waals surface area contributed by atoms with Gasteiger partial charge in [-0.15, -0.1) is 0 Å². The maximum Gasteiger partial charge on any atom is 0.308 e. The summed E-state index contributed by atoms with van der Waals surface area (Å²) in [4.78, 5) is 14.0. The van der Waals surface area contributed by atoms with Gasteiger partial charge in [0.05, 0.1) is 13.0 Å².